The number of methoxy groups -OCH3 is 1. The molecule has 0 saturated heterocycles. The van der Waals surface area contributed by atoms with Crippen LogP contribution in [0.3, 0.4) is 0 Å². The Morgan fingerprint density at radius 2 is 2.00 bits per heavy atom. The molecule has 0 aromatic heterocycles. The van der Waals surface area contributed by atoms with Crippen molar-refractivity contribution in [3.63, 3.8) is 0 Å². The summed E-state index contributed by atoms with van der Waals surface area (Å²) >= 11 is 1.67. The first-order valence-corrected chi connectivity index (χ1v) is 10.2. The summed E-state index contributed by atoms with van der Waals surface area (Å²) in [6.45, 7) is 4.93. The maximum Gasteiger partial charge on any atom is 0.238 e. The lowest BCUT2D eigenvalue weighted by Crippen LogP contribution is -2.34. The Balaban J connectivity index is 1.61. The molecular formula is C22H26N2O2S. The Morgan fingerprint density at radius 1 is 1.26 bits per heavy atom. The molecule has 1 amide bonds. The van der Waals surface area contributed by atoms with Crippen LogP contribution in [0.25, 0.3) is 0 Å². The van der Waals surface area contributed by atoms with Crippen molar-refractivity contribution in [3.05, 3.63) is 66.7 Å². The lowest BCUT2D eigenvalue weighted by atomic mass is 10.2. The predicted molar refractivity (Wildman–Crippen MR) is 112 cm³/mol. The van der Waals surface area contributed by atoms with E-state index < -0.39 is 0 Å². The van der Waals surface area contributed by atoms with Crippen molar-refractivity contribution >= 4 is 23.4 Å². The molecule has 0 bridgehead atoms. The number of anilines is 1. The van der Waals surface area contributed by atoms with Gasteiger partial charge in [-0.25, -0.2) is 0 Å². The van der Waals surface area contributed by atoms with E-state index >= 15 is 0 Å². The van der Waals surface area contributed by atoms with Gasteiger partial charge in [-0.3, -0.25) is 9.69 Å². The minimum atomic E-state index is 0.0297. The molecular weight excluding hydrogens is 356 g/mol. The average molecular weight is 383 g/mol. The molecule has 0 radical (unpaired) electrons. The molecule has 0 heterocycles. The number of nitrogens with zero attached hydrogens (tertiary/aromatic N) is 1. The van der Waals surface area contributed by atoms with Crippen molar-refractivity contribution in [2.75, 3.05) is 24.7 Å². The fourth-order valence-electron chi connectivity index (χ4n) is 2.94. The van der Waals surface area contributed by atoms with Gasteiger partial charge in [-0.05, 0) is 42.7 Å². The quantitative estimate of drug-likeness (QED) is 0.482. The van der Waals surface area contributed by atoms with Crippen LogP contribution in [-0.4, -0.2) is 36.3 Å². The van der Waals surface area contributed by atoms with Gasteiger partial charge >= 0.3 is 0 Å². The van der Waals surface area contributed by atoms with Crippen molar-refractivity contribution < 1.29 is 9.53 Å². The van der Waals surface area contributed by atoms with Gasteiger partial charge in [-0.1, -0.05) is 30.3 Å². The maximum absolute atomic E-state index is 12.7. The van der Waals surface area contributed by atoms with Crippen LogP contribution in [0.2, 0.25) is 0 Å². The second kappa shape index (κ2) is 9.62. The number of amides is 1. The average Bonchev–Trinajstić information content (AvgIpc) is 3.52. The molecule has 0 aliphatic heterocycles. The van der Waals surface area contributed by atoms with E-state index in [1.807, 2.05) is 42.5 Å². The van der Waals surface area contributed by atoms with Crippen LogP contribution in [0.15, 0.2) is 66.1 Å². The molecule has 1 saturated carbocycles. The summed E-state index contributed by atoms with van der Waals surface area (Å²) in [6, 6.07) is 16.5. The molecule has 4 nitrogen and oxygen atoms in total. The summed E-state index contributed by atoms with van der Waals surface area (Å²) < 4.78 is 5.22. The smallest absolute Gasteiger partial charge is 0.238 e. The highest BCUT2D eigenvalue weighted by atomic mass is 32.2. The first kappa shape index (κ1) is 19.5. The molecule has 0 unspecified atom stereocenters. The van der Waals surface area contributed by atoms with Crippen molar-refractivity contribution in [3.8, 4) is 5.75 Å². The van der Waals surface area contributed by atoms with E-state index in [1.165, 1.54) is 5.56 Å². The second-order valence-electron chi connectivity index (χ2n) is 6.63. The van der Waals surface area contributed by atoms with Gasteiger partial charge in [-0.15, -0.1) is 18.3 Å². The summed E-state index contributed by atoms with van der Waals surface area (Å²) in [7, 11) is 1.67. The summed E-state index contributed by atoms with van der Waals surface area (Å²) in [6.07, 6.45) is 4.19. The molecule has 5 heteroatoms. The van der Waals surface area contributed by atoms with E-state index in [-0.39, 0.29) is 5.91 Å². The van der Waals surface area contributed by atoms with E-state index in [1.54, 1.807) is 18.9 Å². The Kier molecular flexibility index (Phi) is 6.96. The molecule has 2 aromatic rings. The topological polar surface area (TPSA) is 41.6 Å². The lowest BCUT2D eigenvalue weighted by molar-refractivity contribution is -0.117. The number of ether oxygens (including phenoxy) is 1. The molecule has 0 spiro atoms. The highest BCUT2D eigenvalue weighted by molar-refractivity contribution is 7.99. The maximum atomic E-state index is 12.7. The van der Waals surface area contributed by atoms with Gasteiger partial charge in [0, 0.05) is 23.2 Å². The van der Waals surface area contributed by atoms with Crippen molar-refractivity contribution in [1.29, 1.82) is 0 Å². The van der Waals surface area contributed by atoms with Gasteiger partial charge in [0.15, 0.2) is 0 Å². The van der Waals surface area contributed by atoms with Crippen LogP contribution in [-0.2, 0) is 11.3 Å². The number of para-hydroxylation sites is 1. The second-order valence-corrected chi connectivity index (χ2v) is 7.69. The number of benzene rings is 2. The van der Waals surface area contributed by atoms with E-state index in [2.05, 4.69) is 28.9 Å². The summed E-state index contributed by atoms with van der Waals surface area (Å²) in [5.74, 6) is 1.70. The number of carbonyl (C=O) groups is 1. The number of carbonyl (C=O) groups excluding carboxylic acids is 1. The highest BCUT2D eigenvalue weighted by Gasteiger charge is 2.30. The first-order valence-electron chi connectivity index (χ1n) is 9.19. The number of thioether (sulfide) groups is 1. The number of hydrogen-bond acceptors (Lipinski definition) is 4. The molecule has 3 rings (SSSR count). The fraction of sp³-hybridized carbons (Fsp3) is 0.318. The minimum Gasteiger partial charge on any atom is -0.497 e. The number of rotatable bonds is 10. The zero-order valence-corrected chi connectivity index (χ0v) is 16.5. The minimum absolute atomic E-state index is 0.0297. The highest BCUT2D eigenvalue weighted by Crippen LogP contribution is 2.30. The van der Waals surface area contributed by atoms with Crippen LogP contribution in [0.1, 0.15) is 18.4 Å². The number of hydrogen-bond donors (Lipinski definition) is 1. The van der Waals surface area contributed by atoms with E-state index in [4.69, 9.17) is 4.74 Å². The SMILES string of the molecule is C=CCSc1ccccc1NC(=O)CN(Cc1ccc(OC)cc1)C1CC1. The molecule has 2 aromatic carbocycles. The van der Waals surface area contributed by atoms with Crippen molar-refractivity contribution in [1.82, 2.24) is 4.90 Å². The molecule has 0 atom stereocenters. The number of nitrogens with one attached hydrogen (secondary N) is 1. The molecule has 1 aliphatic carbocycles. The summed E-state index contributed by atoms with van der Waals surface area (Å²) in [4.78, 5) is 16.0. The summed E-state index contributed by atoms with van der Waals surface area (Å²) in [5, 5.41) is 3.08. The predicted octanol–water partition coefficient (Wildman–Crippen LogP) is 4.58. The van der Waals surface area contributed by atoms with Crippen LogP contribution < -0.4 is 10.1 Å². The van der Waals surface area contributed by atoms with Crippen LogP contribution in [0.4, 0.5) is 5.69 Å². The fourth-order valence-corrected chi connectivity index (χ4v) is 3.68. The van der Waals surface area contributed by atoms with Gasteiger partial charge in [0.1, 0.15) is 5.75 Å². The largest absolute Gasteiger partial charge is 0.497 e. The molecule has 1 aliphatic rings. The van der Waals surface area contributed by atoms with Gasteiger partial charge in [0.25, 0.3) is 0 Å². The van der Waals surface area contributed by atoms with Crippen LogP contribution in [0, 0.1) is 0 Å². The molecule has 142 valence electrons. The molecule has 27 heavy (non-hydrogen) atoms. The normalized spacial score (nSPS) is 13.4. The Bertz CT molecular complexity index is 772. The Labute approximate surface area is 165 Å². The van der Waals surface area contributed by atoms with Crippen molar-refractivity contribution in [2.45, 2.75) is 30.3 Å². The van der Waals surface area contributed by atoms with E-state index in [9.17, 15) is 4.79 Å². The first-order chi connectivity index (χ1) is 13.2. The van der Waals surface area contributed by atoms with E-state index in [0.29, 0.717) is 12.6 Å². The molecule has 1 N–H and O–H groups in total. The third-order valence-electron chi connectivity index (χ3n) is 4.47. The standard InChI is InChI=1S/C22H26N2O2S/c1-3-14-27-21-7-5-4-6-20(21)23-22(25)16-24(18-10-11-18)15-17-8-12-19(26-2)13-9-17/h3-9,12-13,18H,1,10-11,14-16H2,2H3,(H,23,25). The Morgan fingerprint density at radius 3 is 2.67 bits per heavy atom. The van der Waals surface area contributed by atoms with Gasteiger partial charge in [0.2, 0.25) is 5.91 Å². The third-order valence-corrected chi connectivity index (χ3v) is 5.54. The van der Waals surface area contributed by atoms with E-state index in [0.717, 1.165) is 41.5 Å². The zero-order chi connectivity index (χ0) is 19.1. The van der Waals surface area contributed by atoms with Gasteiger partial charge in [-0.2, -0.15) is 0 Å². The lowest BCUT2D eigenvalue weighted by Gasteiger charge is -2.22. The molecule has 1 fully saturated rings. The third kappa shape index (κ3) is 5.88. The summed E-state index contributed by atoms with van der Waals surface area (Å²) in [5.41, 5.74) is 2.06. The monoisotopic (exact) mass is 382 g/mol. The van der Waals surface area contributed by atoms with Crippen LogP contribution >= 0.6 is 11.8 Å². The van der Waals surface area contributed by atoms with Crippen molar-refractivity contribution in [2.24, 2.45) is 0 Å². The van der Waals surface area contributed by atoms with Crippen LogP contribution in [0.5, 0.6) is 5.75 Å². The Hall–Kier alpha value is -2.24. The van der Waals surface area contributed by atoms with Gasteiger partial charge in [0.05, 0.1) is 19.3 Å². The zero-order valence-electron chi connectivity index (χ0n) is 15.7. The van der Waals surface area contributed by atoms with Gasteiger partial charge < -0.3 is 10.1 Å².